The maximum atomic E-state index is 12.3. The first kappa shape index (κ1) is 17.9. The van der Waals surface area contributed by atoms with Gasteiger partial charge in [0.2, 0.25) is 0 Å². The topological polar surface area (TPSA) is 75.5 Å². The summed E-state index contributed by atoms with van der Waals surface area (Å²) in [5.41, 5.74) is 3.42. The zero-order chi connectivity index (χ0) is 18.5. The highest BCUT2D eigenvalue weighted by molar-refractivity contribution is 5.96. The van der Waals surface area contributed by atoms with Crippen molar-refractivity contribution in [2.45, 2.75) is 26.2 Å². The maximum Gasteiger partial charge on any atom is 0.273 e. The largest absolute Gasteiger partial charge is 0.371 e. The van der Waals surface area contributed by atoms with Gasteiger partial charge in [-0.25, -0.2) is 0 Å². The zero-order valence-corrected chi connectivity index (χ0v) is 14.9. The second-order valence-electron chi connectivity index (χ2n) is 6.54. The minimum atomic E-state index is -0.458. The van der Waals surface area contributed by atoms with E-state index in [4.69, 9.17) is 0 Å². The Morgan fingerprint density at radius 3 is 2.85 bits per heavy atom. The van der Waals surface area contributed by atoms with E-state index in [9.17, 15) is 14.9 Å². The first-order valence-electron chi connectivity index (χ1n) is 8.93. The van der Waals surface area contributed by atoms with Crippen molar-refractivity contribution in [3.63, 3.8) is 0 Å². The third-order valence-electron chi connectivity index (χ3n) is 4.84. The van der Waals surface area contributed by atoms with Crippen LogP contribution in [0.3, 0.4) is 0 Å². The smallest absolute Gasteiger partial charge is 0.273 e. The highest BCUT2D eigenvalue weighted by Crippen LogP contribution is 2.26. The molecule has 0 aliphatic carbocycles. The molecule has 1 heterocycles. The third-order valence-corrected chi connectivity index (χ3v) is 4.84. The molecule has 6 nitrogen and oxygen atoms in total. The summed E-state index contributed by atoms with van der Waals surface area (Å²) < 4.78 is 0. The predicted octanol–water partition coefficient (Wildman–Crippen LogP) is 3.48. The fraction of sp³-hybridized carbons (Fsp3) is 0.350. The average Bonchev–Trinajstić information content (AvgIpc) is 2.65. The van der Waals surface area contributed by atoms with Crippen molar-refractivity contribution in [1.82, 2.24) is 5.32 Å². The van der Waals surface area contributed by atoms with Crippen molar-refractivity contribution in [3.8, 4) is 0 Å². The van der Waals surface area contributed by atoms with Gasteiger partial charge in [0.05, 0.1) is 4.92 Å². The number of carbonyl (C=O) groups excluding carboxylic acids is 1. The summed E-state index contributed by atoms with van der Waals surface area (Å²) in [6.07, 6.45) is 3.10. The normalized spacial score (nSPS) is 13.2. The lowest BCUT2D eigenvalue weighted by atomic mass is 10.0. The highest BCUT2D eigenvalue weighted by Gasteiger charge is 2.18. The molecule has 2 aromatic rings. The Kier molecular flexibility index (Phi) is 5.51. The Morgan fingerprint density at radius 2 is 2.04 bits per heavy atom. The summed E-state index contributed by atoms with van der Waals surface area (Å²) in [5.74, 6) is -0.259. The van der Waals surface area contributed by atoms with Crippen molar-refractivity contribution in [2.24, 2.45) is 0 Å². The number of nitrogens with zero attached hydrogens (tertiary/aromatic N) is 2. The Hall–Kier alpha value is -2.89. The van der Waals surface area contributed by atoms with Crippen LogP contribution < -0.4 is 10.2 Å². The molecule has 0 saturated heterocycles. The van der Waals surface area contributed by atoms with Gasteiger partial charge < -0.3 is 10.2 Å². The molecule has 6 heteroatoms. The standard InChI is InChI=1S/C20H23N3O3/c1-15-17(9-4-11-18(15)23(25)26)20(24)21-12-6-14-22-13-5-8-16-7-2-3-10-19(16)22/h2-4,7,9-11H,5-6,8,12-14H2,1H3,(H,21,24). The molecule has 0 spiro atoms. The number of anilines is 1. The van der Waals surface area contributed by atoms with Gasteiger partial charge in [-0.15, -0.1) is 0 Å². The summed E-state index contributed by atoms with van der Waals surface area (Å²) in [5, 5.41) is 13.9. The summed E-state index contributed by atoms with van der Waals surface area (Å²) in [7, 11) is 0. The quantitative estimate of drug-likeness (QED) is 0.490. The number of rotatable bonds is 6. The number of amides is 1. The molecule has 1 aliphatic heterocycles. The van der Waals surface area contributed by atoms with E-state index >= 15 is 0 Å². The van der Waals surface area contributed by atoms with Crippen LogP contribution in [0.1, 0.15) is 34.3 Å². The van der Waals surface area contributed by atoms with E-state index in [0.29, 0.717) is 17.7 Å². The number of hydrogen-bond donors (Lipinski definition) is 1. The summed E-state index contributed by atoms with van der Waals surface area (Å²) in [6, 6.07) is 13.0. The molecule has 0 radical (unpaired) electrons. The van der Waals surface area contributed by atoms with Crippen molar-refractivity contribution in [2.75, 3.05) is 24.5 Å². The molecule has 1 amide bonds. The number of carbonyl (C=O) groups is 1. The number of hydrogen-bond acceptors (Lipinski definition) is 4. The first-order valence-corrected chi connectivity index (χ1v) is 8.93. The van der Waals surface area contributed by atoms with E-state index in [1.165, 1.54) is 17.3 Å². The number of nitro groups is 1. The molecule has 3 rings (SSSR count). The van der Waals surface area contributed by atoms with Gasteiger partial charge in [-0.05, 0) is 43.9 Å². The van der Waals surface area contributed by atoms with Gasteiger partial charge in [0, 0.05) is 42.5 Å². The van der Waals surface area contributed by atoms with E-state index in [2.05, 4.69) is 34.5 Å². The van der Waals surface area contributed by atoms with Gasteiger partial charge in [0.15, 0.2) is 0 Å². The van der Waals surface area contributed by atoms with Crippen molar-refractivity contribution in [1.29, 1.82) is 0 Å². The molecule has 0 fully saturated rings. The highest BCUT2D eigenvalue weighted by atomic mass is 16.6. The summed E-state index contributed by atoms with van der Waals surface area (Å²) >= 11 is 0. The first-order chi connectivity index (χ1) is 12.6. The molecular weight excluding hydrogens is 330 g/mol. The Balaban J connectivity index is 1.54. The van der Waals surface area contributed by atoms with Crippen LogP contribution in [0.2, 0.25) is 0 Å². The van der Waals surface area contributed by atoms with Crippen LogP contribution in [0.5, 0.6) is 0 Å². The van der Waals surface area contributed by atoms with Crippen LogP contribution >= 0.6 is 0 Å². The Labute approximate surface area is 153 Å². The van der Waals surface area contributed by atoms with Gasteiger partial charge in [0.1, 0.15) is 0 Å². The fourth-order valence-corrected chi connectivity index (χ4v) is 3.48. The van der Waals surface area contributed by atoms with E-state index in [0.717, 1.165) is 32.4 Å². The second kappa shape index (κ2) is 7.99. The minimum Gasteiger partial charge on any atom is -0.371 e. The molecule has 26 heavy (non-hydrogen) atoms. The number of aryl methyl sites for hydroxylation is 1. The van der Waals surface area contributed by atoms with Gasteiger partial charge in [-0.1, -0.05) is 24.3 Å². The minimum absolute atomic E-state index is 0.0254. The van der Waals surface area contributed by atoms with Crippen molar-refractivity contribution in [3.05, 3.63) is 69.3 Å². The van der Waals surface area contributed by atoms with Gasteiger partial charge in [0.25, 0.3) is 11.6 Å². The van der Waals surface area contributed by atoms with Crippen LogP contribution in [-0.4, -0.2) is 30.5 Å². The monoisotopic (exact) mass is 353 g/mol. The van der Waals surface area contributed by atoms with Crippen molar-refractivity contribution < 1.29 is 9.72 Å². The SMILES string of the molecule is Cc1c(C(=O)NCCCN2CCCc3ccccc32)cccc1[N+](=O)[O-]. The number of nitro benzene ring substituents is 1. The van der Waals surface area contributed by atoms with E-state index in [1.54, 1.807) is 19.1 Å². The summed E-state index contributed by atoms with van der Waals surface area (Å²) in [6.45, 7) is 4.07. The Morgan fingerprint density at radius 1 is 1.23 bits per heavy atom. The molecule has 0 bridgehead atoms. The fourth-order valence-electron chi connectivity index (χ4n) is 3.48. The van der Waals surface area contributed by atoms with Crippen LogP contribution in [0.4, 0.5) is 11.4 Å². The number of fused-ring (bicyclic) bond motifs is 1. The van der Waals surface area contributed by atoms with Crippen molar-refractivity contribution >= 4 is 17.3 Å². The van der Waals surface area contributed by atoms with E-state index in [1.807, 2.05) is 0 Å². The predicted molar refractivity (Wildman–Crippen MR) is 102 cm³/mol. The molecule has 136 valence electrons. The zero-order valence-electron chi connectivity index (χ0n) is 14.9. The molecule has 1 aliphatic rings. The van der Waals surface area contributed by atoms with E-state index < -0.39 is 4.92 Å². The lowest BCUT2D eigenvalue weighted by Gasteiger charge is -2.31. The van der Waals surface area contributed by atoms with Gasteiger partial charge in [-0.3, -0.25) is 14.9 Å². The molecular formula is C20H23N3O3. The summed E-state index contributed by atoms with van der Waals surface area (Å²) in [4.78, 5) is 25.2. The molecule has 0 unspecified atom stereocenters. The molecule has 2 aromatic carbocycles. The van der Waals surface area contributed by atoms with E-state index in [-0.39, 0.29) is 11.6 Å². The van der Waals surface area contributed by atoms with Gasteiger partial charge in [-0.2, -0.15) is 0 Å². The second-order valence-corrected chi connectivity index (χ2v) is 6.54. The van der Waals surface area contributed by atoms with Crippen LogP contribution in [0.25, 0.3) is 0 Å². The molecule has 0 atom stereocenters. The average molecular weight is 353 g/mol. The van der Waals surface area contributed by atoms with Crippen LogP contribution in [0, 0.1) is 17.0 Å². The third kappa shape index (κ3) is 3.85. The number of benzene rings is 2. The molecule has 0 aromatic heterocycles. The maximum absolute atomic E-state index is 12.3. The van der Waals surface area contributed by atoms with Gasteiger partial charge >= 0.3 is 0 Å². The molecule has 0 saturated carbocycles. The number of nitrogens with one attached hydrogen (secondary N) is 1. The lowest BCUT2D eigenvalue weighted by molar-refractivity contribution is -0.385. The van der Waals surface area contributed by atoms with Crippen LogP contribution in [-0.2, 0) is 6.42 Å². The van der Waals surface area contributed by atoms with Crippen LogP contribution in [0.15, 0.2) is 42.5 Å². The molecule has 1 N–H and O–H groups in total. The number of para-hydroxylation sites is 1. The Bertz CT molecular complexity index is 820. The lowest BCUT2D eigenvalue weighted by Crippen LogP contribution is -2.33.